The van der Waals surface area contributed by atoms with E-state index in [1.54, 1.807) is 0 Å². The number of morpholine rings is 1. The summed E-state index contributed by atoms with van der Waals surface area (Å²) in [7, 11) is 0. The fourth-order valence-electron chi connectivity index (χ4n) is 2.13. The molecule has 112 valence electrons. The molecule has 1 fully saturated rings. The smallest absolute Gasteiger partial charge is 0.253 e. The van der Waals surface area contributed by atoms with Crippen LogP contribution in [0.3, 0.4) is 0 Å². The van der Waals surface area contributed by atoms with E-state index in [9.17, 15) is 14.4 Å². The van der Waals surface area contributed by atoms with Gasteiger partial charge in [-0.25, -0.2) is 0 Å². The molecule has 3 amide bonds. The monoisotopic (exact) mass is 403 g/mol. The van der Waals surface area contributed by atoms with Gasteiger partial charge in [-0.15, -0.1) is 0 Å². The standard InChI is InChI=1S/C13H14IN3O4/c14-4-10-5-21-6-11(18)17(10)9-2-7(12(15)19)1-8(3-9)13(16)20/h1-3,10H,4-6H2,(H2,15,19)(H2,16,20). The second kappa shape index (κ2) is 6.39. The first-order chi connectivity index (χ1) is 9.93. The van der Waals surface area contributed by atoms with Gasteiger partial charge < -0.3 is 21.1 Å². The van der Waals surface area contributed by atoms with Crippen LogP contribution in [0.1, 0.15) is 20.7 Å². The van der Waals surface area contributed by atoms with E-state index in [1.807, 2.05) is 0 Å². The third kappa shape index (κ3) is 3.32. The Balaban J connectivity index is 2.52. The van der Waals surface area contributed by atoms with Crippen molar-refractivity contribution in [2.24, 2.45) is 11.5 Å². The molecule has 0 aromatic heterocycles. The van der Waals surface area contributed by atoms with Crippen molar-refractivity contribution >= 4 is 46.0 Å². The van der Waals surface area contributed by atoms with Crippen molar-refractivity contribution in [1.29, 1.82) is 0 Å². The number of halogens is 1. The third-order valence-electron chi connectivity index (χ3n) is 3.11. The van der Waals surface area contributed by atoms with Crippen LogP contribution in [0.2, 0.25) is 0 Å². The van der Waals surface area contributed by atoms with Crippen LogP contribution < -0.4 is 16.4 Å². The Morgan fingerprint density at radius 3 is 2.29 bits per heavy atom. The van der Waals surface area contributed by atoms with Crippen LogP contribution in [0.15, 0.2) is 18.2 Å². The van der Waals surface area contributed by atoms with E-state index in [0.717, 1.165) is 0 Å². The van der Waals surface area contributed by atoms with Gasteiger partial charge in [-0.2, -0.15) is 0 Å². The van der Waals surface area contributed by atoms with Crippen molar-refractivity contribution in [1.82, 2.24) is 0 Å². The molecule has 1 aromatic carbocycles. The number of anilines is 1. The molecule has 8 heteroatoms. The summed E-state index contributed by atoms with van der Waals surface area (Å²) in [6, 6.07) is 4.11. The van der Waals surface area contributed by atoms with Crippen molar-refractivity contribution in [3.8, 4) is 0 Å². The fourth-order valence-corrected chi connectivity index (χ4v) is 2.78. The minimum absolute atomic E-state index is 0.0418. The van der Waals surface area contributed by atoms with Gasteiger partial charge in [0.1, 0.15) is 6.61 Å². The first-order valence-electron chi connectivity index (χ1n) is 6.14. The number of hydrogen-bond acceptors (Lipinski definition) is 4. The quantitative estimate of drug-likeness (QED) is 0.546. The van der Waals surface area contributed by atoms with Crippen molar-refractivity contribution in [3.05, 3.63) is 29.3 Å². The van der Waals surface area contributed by atoms with E-state index in [1.165, 1.54) is 23.1 Å². The highest BCUT2D eigenvalue weighted by molar-refractivity contribution is 14.1. The summed E-state index contributed by atoms with van der Waals surface area (Å²) in [5.74, 6) is -1.61. The maximum absolute atomic E-state index is 12.1. The third-order valence-corrected chi connectivity index (χ3v) is 4.13. The SMILES string of the molecule is NC(=O)c1cc(C(N)=O)cc(N2C(=O)COCC2CI)c1. The summed E-state index contributed by atoms with van der Waals surface area (Å²) < 4.78 is 5.86. The van der Waals surface area contributed by atoms with Crippen molar-refractivity contribution in [2.75, 3.05) is 22.5 Å². The number of carbonyl (C=O) groups excluding carboxylic acids is 3. The van der Waals surface area contributed by atoms with Crippen LogP contribution in [-0.4, -0.2) is 41.4 Å². The molecule has 0 aliphatic carbocycles. The maximum atomic E-state index is 12.1. The number of ether oxygens (including phenoxy) is 1. The van der Waals surface area contributed by atoms with Gasteiger partial charge in [0.15, 0.2) is 0 Å². The Morgan fingerprint density at radius 1 is 1.24 bits per heavy atom. The minimum atomic E-state index is -0.689. The summed E-state index contributed by atoms with van der Waals surface area (Å²) in [6.45, 7) is 0.348. The molecule has 1 aliphatic rings. The van der Waals surface area contributed by atoms with Gasteiger partial charge in [0.2, 0.25) is 11.8 Å². The van der Waals surface area contributed by atoms with Gasteiger partial charge in [-0.3, -0.25) is 14.4 Å². The highest BCUT2D eigenvalue weighted by Gasteiger charge is 2.30. The van der Waals surface area contributed by atoms with Gasteiger partial charge in [0.25, 0.3) is 5.91 Å². The predicted octanol–water partition coefficient (Wildman–Crippen LogP) is 0.0512. The lowest BCUT2D eigenvalue weighted by molar-refractivity contribution is -0.127. The van der Waals surface area contributed by atoms with Crippen LogP contribution in [0.25, 0.3) is 0 Å². The topological polar surface area (TPSA) is 116 Å². The molecule has 0 spiro atoms. The van der Waals surface area contributed by atoms with E-state index in [2.05, 4.69) is 22.6 Å². The highest BCUT2D eigenvalue weighted by Crippen LogP contribution is 2.24. The normalized spacial score (nSPS) is 18.6. The Labute approximate surface area is 134 Å². The summed E-state index contributed by atoms with van der Waals surface area (Å²) in [5.41, 5.74) is 11.2. The van der Waals surface area contributed by atoms with Crippen molar-refractivity contribution in [3.63, 3.8) is 0 Å². The van der Waals surface area contributed by atoms with Crippen LogP contribution in [0.4, 0.5) is 5.69 Å². The zero-order chi connectivity index (χ0) is 15.6. The van der Waals surface area contributed by atoms with Gasteiger partial charge in [-0.05, 0) is 18.2 Å². The lowest BCUT2D eigenvalue weighted by atomic mass is 10.1. The summed E-state index contributed by atoms with van der Waals surface area (Å²) in [5, 5.41) is 0. The number of primary amides is 2. The van der Waals surface area contributed by atoms with Gasteiger partial charge in [0, 0.05) is 21.2 Å². The molecule has 1 unspecified atom stereocenters. The zero-order valence-electron chi connectivity index (χ0n) is 11.0. The lowest BCUT2D eigenvalue weighted by Gasteiger charge is -2.34. The number of hydrogen-bond donors (Lipinski definition) is 2. The molecule has 1 saturated heterocycles. The molecule has 0 radical (unpaired) electrons. The van der Waals surface area contributed by atoms with Crippen LogP contribution in [0.5, 0.6) is 0 Å². The summed E-state index contributed by atoms with van der Waals surface area (Å²) in [4.78, 5) is 36.4. The molecule has 7 nitrogen and oxygen atoms in total. The Morgan fingerprint density at radius 2 is 1.81 bits per heavy atom. The molecule has 0 bridgehead atoms. The van der Waals surface area contributed by atoms with Crippen LogP contribution >= 0.6 is 22.6 Å². The van der Waals surface area contributed by atoms with Crippen LogP contribution in [-0.2, 0) is 9.53 Å². The minimum Gasteiger partial charge on any atom is -0.369 e. The summed E-state index contributed by atoms with van der Waals surface area (Å²) >= 11 is 2.15. The first-order valence-corrected chi connectivity index (χ1v) is 7.67. The van der Waals surface area contributed by atoms with Gasteiger partial charge >= 0.3 is 0 Å². The Bertz CT molecular complexity index is 573. The molecule has 21 heavy (non-hydrogen) atoms. The van der Waals surface area contributed by atoms with Crippen molar-refractivity contribution < 1.29 is 19.1 Å². The molecule has 4 N–H and O–H groups in total. The number of rotatable bonds is 4. The second-order valence-corrected chi connectivity index (χ2v) is 5.46. The number of nitrogens with two attached hydrogens (primary N) is 2. The second-order valence-electron chi connectivity index (χ2n) is 4.58. The zero-order valence-corrected chi connectivity index (χ0v) is 13.2. The summed E-state index contributed by atoms with van der Waals surface area (Å²) in [6.07, 6.45) is 0. The number of amides is 3. The van der Waals surface area contributed by atoms with E-state index in [-0.39, 0.29) is 29.7 Å². The average Bonchev–Trinajstić information content (AvgIpc) is 2.46. The van der Waals surface area contributed by atoms with Crippen molar-refractivity contribution in [2.45, 2.75) is 6.04 Å². The lowest BCUT2D eigenvalue weighted by Crippen LogP contribution is -2.50. The first kappa shape index (κ1) is 15.7. The number of nitrogens with zero attached hydrogens (tertiary/aromatic N) is 1. The van der Waals surface area contributed by atoms with Gasteiger partial charge in [-0.1, -0.05) is 22.6 Å². The molecule has 1 aliphatic heterocycles. The van der Waals surface area contributed by atoms with E-state index in [4.69, 9.17) is 16.2 Å². The number of benzene rings is 1. The fraction of sp³-hybridized carbons (Fsp3) is 0.308. The Kier molecular flexibility index (Phi) is 4.78. The molecular formula is C13H14IN3O4. The van der Waals surface area contributed by atoms with Crippen LogP contribution in [0, 0.1) is 0 Å². The Hall–Kier alpha value is -1.68. The van der Waals surface area contributed by atoms with E-state index < -0.39 is 11.8 Å². The average molecular weight is 403 g/mol. The molecule has 1 aromatic rings. The largest absolute Gasteiger partial charge is 0.369 e. The highest BCUT2D eigenvalue weighted by atomic mass is 127. The number of carbonyl (C=O) groups is 3. The van der Waals surface area contributed by atoms with E-state index >= 15 is 0 Å². The predicted molar refractivity (Wildman–Crippen MR) is 84.5 cm³/mol. The van der Waals surface area contributed by atoms with Gasteiger partial charge in [0.05, 0.1) is 12.6 Å². The molecule has 2 rings (SSSR count). The maximum Gasteiger partial charge on any atom is 0.253 e. The van der Waals surface area contributed by atoms with E-state index in [0.29, 0.717) is 16.7 Å². The molecule has 1 atom stereocenters. The molecule has 0 saturated carbocycles. The molecular weight excluding hydrogens is 389 g/mol. The molecule has 1 heterocycles. The number of alkyl halides is 1.